The maximum Gasteiger partial charge on any atom is 0.118 e. The molecule has 0 spiro atoms. The van der Waals surface area contributed by atoms with Crippen molar-refractivity contribution in [2.75, 3.05) is 7.11 Å². The van der Waals surface area contributed by atoms with Gasteiger partial charge < -0.3 is 10.5 Å². The molecule has 2 N–H and O–H groups in total. The summed E-state index contributed by atoms with van der Waals surface area (Å²) in [7, 11) is 1.68. The number of methoxy groups -OCH3 is 1. The molecule has 0 aliphatic heterocycles. The average molecular weight is 255 g/mol. The highest BCUT2D eigenvalue weighted by atomic mass is 16.5. The molecular formula is C17H21NO. The van der Waals surface area contributed by atoms with E-state index in [1.165, 1.54) is 11.1 Å². The van der Waals surface area contributed by atoms with Crippen molar-refractivity contribution in [2.24, 2.45) is 5.73 Å². The summed E-state index contributed by atoms with van der Waals surface area (Å²) in [5.74, 6) is 0.880. The topological polar surface area (TPSA) is 35.2 Å². The zero-order chi connectivity index (χ0) is 13.7. The lowest BCUT2D eigenvalue weighted by atomic mass is 9.87. The Kier molecular flexibility index (Phi) is 4.23. The zero-order valence-corrected chi connectivity index (χ0v) is 11.6. The van der Waals surface area contributed by atoms with E-state index in [9.17, 15) is 0 Å². The summed E-state index contributed by atoms with van der Waals surface area (Å²) < 4.78 is 5.16. The number of rotatable bonds is 5. The van der Waals surface area contributed by atoms with Crippen LogP contribution in [0.25, 0.3) is 0 Å². The zero-order valence-electron chi connectivity index (χ0n) is 11.6. The van der Waals surface area contributed by atoms with Crippen LogP contribution in [0.5, 0.6) is 5.75 Å². The molecule has 0 heterocycles. The van der Waals surface area contributed by atoms with E-state index in [1.54, 1.807) is 7.11 Å². The van der Waals surface area contributed by atoms with Crippen LogP contribution in [0, 0.1) is 0 Å². The van der Waals surface area contributed by atoms with Crippen LogP contribution in [0.3, 0.4) is 0 Å². The summed E-state index contributed by atoms with van der Waals surface area (Å²) in [6.45, 7) is 2.10. The SMILES string of the molecule is COc1ccc(C[C@](C)(N)Cc2ccccc2)cc1. The standard InChI is InChI=1S/C17H21NO/c1-17(18,12-14-6-4-3-5-7-14)13-15-8-10-16(19-2)11-9-15/h3-11H,12-13,18H2,1-2H3/t17-/m1/s1. The quantitative estimate of drug-likeness (QED) is 0.890. The van der Waals surface area contributed by atoms with Crippen molar-refractivity contribution < 1.29 is 4.74 Å². The molecule has 2 aromatic rings. The molecule has 0 saturated carbocycles. The molecule has 0 unspecified atom stereocenters. The first-order valence-electron chi connectivity index (χ1n) is 6.55. The van der Waals surface area contributed by atoms with E-state index >= 15 is 0 Å². The van der Waals surface area contributed by atoms with Crippen molar-refractivity contribution in [3.05, 3.63) is 65.7 Å². The van der Waals surface area contributed by atoms with Gasteiger partial charge in [0.1, 0.15) is 5.75 Å². The second-order valence-corrected chi connectivity index (χ2v) is 5.34. The fourth-order valence-corrected chi connectivity index (χ4v) is 2.33. The highest BCUT2D eigenvalue weighted by Crippen LogP contribution is 2.18. The van der Waals surface area contributed by atoms with Crippen LogP contribution in [-0.2, 0) is 12.8 Å². The van der Waals surface area contributed by atoms with Gasteiger partial charge in [-0.15, -0.1) is 0 Å². The third-order valence-electron chi connectivity index (χ3n) is 3.22. The van der Waals surface area contributed by atoms with E-state index in [0.717, 1.165) is 18.6 Å². The van der Waals surface area contributed by atoms with Gasteiger partial charge >= 0.3 is 0 Å². The minimum Gasteiger partial charge on any atom is -0.497 e. The smallest absolute Gasteiger partial charge is 0.118 e. The average Bonchev–Trinajstić information content (AvgIpc) is 2.39. The fraction of sp³-hybridized carbons (Fsp3) is 0.294. The Hall–Kier alpha value is -1.80. The molecule has 0 aliphatic carbocycles. The lowest BCUT2D eigenvalue weighted by Crippen LogP contribution is -2.40. The Morgan fingerprint density at radius 1 is 0.895 bits per heavy atom. The molecule has 1 atom stereocenters. The number of hydrogen-bond acceptors (Lipinski definition) is 2. The minimum absolute atomic E-state index is 0.240. The van der Waals surface area contributed by atoms with Crippen molar-refractivity contribution in [2.45, 2.75) is 25.3 Å². The summed E-state index contributed by atoms with van der Waals surface area (Å²) in [5, 5.41) is 0. The normalized spacial score (nSPS) is 13.8. The predicted molar refractivity (Wildman–Crippen MR) is 79.4 cm³/mol. The van der Waals surface area contributed by atoms with Gasteiger partial charge in [-0.3, -0.25) is 0 Å². The third-order valence-corrected chi connectivity index (χ3v) is 3.22. The number of nitrogens with two attached hydrogens (primary N) is 1. The van der Waals surface area contributed by atoms with Crippen LogP contribution in [0.4, 0.5) is 0 Å². The van der Waals surface area contributed by atoms with Crippen LogP contribution in [0.1, 0.15) is 18.1 Å². The first-order valence-corrected chi connectivity index (χ1v) is 6.55. The summed E-state index contributed by atoms with van der Waals surface area (Å²) in [4.78, 5) is 0. The number of benzene rings is 2. The molecule has 2 aromatic carbocycles. The highest BCUT2D eigenvalue weighted by molar-refractivity contribution is 5.29. The maximum absolute atomic E-state index is 6.42. The predicted octanol–water partition coefficient (Wildman–Crippen LogP) is 3.20. The van der Waals surface area contributed by atoms with Crippen LogP contribution in [-0.4, -0.2) is 12.6 Å². The van der Waals surface area contributed by atoms with Crippen LogP contribution in [0.2, 0.25) is 0 Å². The first kappa shape index (κ1) is 13.6. The summed E-state index contributed by atoms with van der Waals surface area (Å²) in [6.07, 6.45) is 1.73. The summed E-state index contributed by atoms with van der Waals surface area (Å²) in [6, 6.07) is 18.5. The number of hydrogen-bond donors (Lipinski definition) is 1. The van der Waals surface area contributed by atoms with Gasteiger partial charge in [-0.05, 0) is 43.0 Å². The molecule has 19 heavy (non-hydrogen) atoms. The van der Waals surface area contributed by atoms with E-state index in [2.05, 4.69) is 43.3 Å². The van der Waals surface area contributed by atoms with Gasteiger partial charge in [0.25, 0.3) is 0 Å². The molecule has 0 saturated heterocycles. The molecular weight excluding hydrogens is 234 g/mol. The van der Waals surface area contributed by atoms with Gasteiger partial charge in [-0.2, -0.15) is 0 Å². The van der Waals surface area contributed by atoms with Crippen molar-refractivity contribution in [3.63, 3.8) is 0 Å². The lowest BCUT2D eigenvalue weighted by molar-refractivity contribution is 0.414. The fourth-order valence-electron chi connectivity index (χ4n) is 2.33. The Morgan fingerprint density at radius 3 is 1.95 bits per heavy atom. The highest BCUT2D eigenvalue weighted by Gasteiger charge is 2.19. The van der Waals surface area contributed by atoms with Crippen LogP contribution >= 0.6 is 0 Å². The molecule has 0 amide bonds. The Morgan fingerprint density at radius 2 is 1.42 bits per heavy atom. The van der Waals surface area contributed by atoms with E-state index in [1.807, 2.05) is 18.2 Å². The summed E-state index contributed by atoms with van der Waals surface area (Å²) >= 11 is 0. The third kappa shape index (κ3) is 4.11. The first-order chi connectivity index (χ1) is 9.09. The van der Waals surface area contributed by atoms with E-state index in [4.69, 9.17) is 10.5 Å². The Bertz CT molecular complexity index is 503. The molecule has 0 aromatic heterocycles. The van der Waals surface area contributed by atoms with Gasteiger partial charge in [0.15, 0.2) is 0 Å². The van der Waals surface area contributed by atoms with Gasteiger partial charge in [-0.25, -0.2) is 0 Å². The van der Waals surface area contributed by atoms with Crippen LogP contribution in [0.15, 0.2) is 54.6 Å². The van der Waals surface area contributed by atoms with Gasteiger partial charge in [0.2, 0.25) is 0 Å². The maximum atomic E-state index is 6.42. The van der Waals surface area contributed by atoms with Crippen molar-refractivity contribution in [1.82, 2.24) is 0 Å². The lowest BCUT2D eigenvalue weighted by Gasteiger charge is -2.25. The molecule has 0 radical (unpaired) electrons. The summed E-state index contributed by atoms with van der Waals surface area (Å²) in [5.41, 5.74) is 8.70. The van der Waals surface area contributed by atoms with Gasteiger partial charge in [0.05, 0.1) is 7.11 Å². The second-order valence-electron chi connectivity index (χ2n) is 5.34. The molecule has 0 aliphatic rings. The Balaban J connectivity index is 2.03. The van der Waals surface area contributed by atoms with Crippen molar-refractivity contribution in [3.8, 4) is 5.75 Å². The van der Waals surface area contributed by atoms with E-state index < -0.39 is 0 Å². The van der Waals surface area contributed by atoms with Gasteiger partial charge in [-0.1, -0.05) is 42.5 Å². The second kappa shape index (κ2) is 5.89. The van der Waals surface area contributed by atoms with E-state index in [0.29, 0.717) is 0 Å². The van der Waals surface area contributed by atoms with Gasteiger partial charge in [0, 0.05) is 5.54 Å². The molecule has 100 valence electrons. The molecule has 2 heteroatoms. The van der Waals surface area contributed by atoms with E-state index in [-0.39, 0.29) is 5.54 Å². The Labute approximate surface area is 115 Å². The minimum atomic E-state index is -0.240. The monoisotopic (exact) mass is 255 g/mol. The molecule has 0 fully saturated rings. The van der Waals surface area contributed by atoms with Crippen molar-refractivity contribution >= 4 is 0 Å². The molecule has 2 nitrogen and oxygen atoms in total. The number of ether oxygens (including phenoxy) is 1. The molecule has 0 bridgehead atoms. The van der Waals surface area contributed by atoms with Crippen molar-refractivity contribution in [1.29, 1.82) is 0 Å². The largest absolute Gasteiger partial charge is 0.497 e. The molecule has 2 rings (SSSR count). The van der Waals surface area contributed by atoms with Crippen LogP contribution < -0.4 is 10.5 Å².